The Bertz CT molecular complexity index is 693. The van der Waals surface area contributed by atoms with Crippen molar-refractivity contribution in [1.82, 2.24) is 5.32 Å². The van der Waals surface area contributed by atoms with Crippen LogP contribution in [0.2, 0.25) is 5.02 Å². The lowest BCUT2D eigenvalue weighted by molar-refractivity contribution is 0.248. The molecule has 0 aromatic heterocycles. The van der Waals surface area contributed by atoms with Gasteiger partial charge in [0, 0.05) is 21.4 Å². The summed E-state index contributed by atoms with van der Waals surface area (Å²) in [6.07, 6.45) is 0.842. The maximum Gasteiger partial charge on any atom is 0.319 e. The number of halogens is 2. The van der Waals surface area contributed by atoms with Crippen LogP contribution in [-0.4, -0.2) is 11.8 Å². The Hall–Kier alpha value is -1.72. The molecule has 0 aliphatic carbocycles. The van der Waals surface area contributed by atoms with E-state index in [0.29, 0.717) is 10.7 Å². The molecule has 0 spiro atoms. The van der Waals surface area contributed by atoms with Crippen LogP contribution in [0.3, 0.4) is 0 Å². The van der Waals surface area contributed by atoms with Crippen molar-refractivity contribution >= 4 is 35.1 Å². The van der Waals surface area contributed by atoms with E-state index in [4.69, 9.17) is 11.6 Å². The van der Waals surface area contributed by atoms with Crippen LogP contribution in [-0.2, 0) is 0 Å². The summed E-state index contributed by atoms with van der Waals surface area (Å²) in [5.74, 6) is 0.606. The number of nitrogens with one attached hydrogen (secondary N) is 2. The largest absolute Gasteiger partial charge is 0.331 e. The third-order valence-electron chi connectivity index (χ3n) is 3.42. The molecule has 2 amide bonds. The predicted molar refractivity (Wildman–Crippen MR) is 88.1 cm³/mol. The van der Waals surface area contributed by atoms with E-state index < -0.39 is 0 Å². The van der Waals surface area contributed by atoms with Crippen molar-refractivity contribution in [1.29, 1.82) is 0 Å². The van der Waals surface area contributed by atoms with Crippen LogP contribution in [0.1, 0.15) is 18.0 Å². The maximum absolute atomic E-state index is 12.9. The summed E-state index contributed by atoms with van der Waals surface area (Å²) in [5, 5.41) is 6.31. The number of carbonyl (C=O) groups excluding carboxylic acids is 1. The highest BCUT2D eigenvalue weighted by atomic mass is 35.5. The van der Waals surface area contributed by atoms with E-state index in [-0.39, 0.29) is 17.9 Å². The van der Waals surface area contributed by atoms with Crippen molar-refractivity contribution in [3.8, 4) is 0 Å². The number of fused-ring (bicyclic) bond motifs is 1. The Labute approximate surface area is 137 Å². The minimum Gasteiger partial charge on any atom is -0.331 e. The minimum atomic E-state index is -0.334. The van der Waals surface area contributed by atoms with Crippen molar-refractivity contribution in [2.45, 2.75) is 17.4 Å². The molecule has 22 heavy (non-hydrogen) atoms. The molecule has 0 radical (unpaired) electrons. The molecule has 0 saturated carbocycles. The monoisotopic (exact) mass is 336 g/mol. The molecule has 2 aromatic carbocycles. The van der Waals surface area contributed by atoms with Gasteiger partial charge in [0.1, 0.15) is 5.82 Å². The van der Waals surface area contributed by atoms with E-state index in [0.717, 1.165) is 22.6 Å². The molecule has 0 bridgehead atoms. The van der Waals surface area contributed by atoms with E-state index >= 15 is 0 Å². The zero-order chi connectivity index (χ0) is 15.5. The summed E-state index contributed by atoms with van der Waals surface area (Å²) in [4.78, 5) is 13.2. The van der Waals surface area contributed by atoms with Gasteiger partial charge in [-0.3, -0.25) is 0 Å². The molecule has 1 atom stereocenters. The summed E-state index contributed by atoms with van der Waals surface area (Å²) in [6.45, 7) is 0. The molecule has 114 valence electrons. The van der Waals surface area contributed by atoms with E-state index in [2.05, 4.69) is 10.6 Å². The first-order chi connectivity index (χ1) is 10.6. The Morgan fingerprint density at radius 1 is 1.23 bits per heavy atom. The van der Waals surface area contributed by atoms with Crippen molar-refractivity contribution < 1.29 is 9.18 Å². The first-order valence-corrected chi connectivity index (χ1v) is 8.23. The van der Waals surface area contributed by atoms with Crippen LogP contribution in [0.5, 0.6) is 0 Å². The zero-order valence-electron chi connectivity index (χ0n) is 11.6. The van der Waals surface area contributed by atoms with Gasteiger partial charge in [-0.15, -0.1) is 11.8 Å². The lowest BCUT2D eigenvalue weighted by Gasteiger charge is -2.26. The van der Waals surface area contributed by atoms with Crippen LogP contribution < -0.4 is 10.6 Å². The Morgan fingerprint density at radius 3 is 2.77 bits per heavy atom. The lowest BCUT2D eigenvalue weighted by atomic mass is 10.0. The molecule has 1 aliphatic rings. The van der Waals surface area contributed by atoms with Gasteiger partial charge in [0.25, 0.3) is 0 Å². The number of hydrogen-bond donors (Lipinski definition) is 2. The number of amides is 2. The van der Waals surface area contributed by atoms with E-state index in [1.807, 2.05) is 18.2 Å². The van der Waals surface area contributed by atoms with Gasteiger partial charge in [-0.1, -0.05) is 11.6 Å². The first-order valence-electron chi connectivity index (χ1n) is 6.87. The van der Waals surface area contributed by atoms with Gasteiger partial charge in [0.2, 0.25) is 0 Å². The Morgan fingerprint density at radius 2 is 2.00 bits per heavy atom. The highest BCUT2D eigenvalue weighted by molar-refractivity contribution is 7.99. The van der Waals surface area contributed by atoms with Crippen molar-refractivity contribution in [2.24, 2.45) is 0 Å². The van der Waals surface area contributed by atoms with Gasteiger partial charge in [-0.25, -0.2) is 9.18 Å². The molecule has 2 aromatic rings. The minimum absolute atomic E-state index is 0.0737. The van der Waals surface area contributed by atoms with Gasteiger partial charge in [-0.2, -0.15) is 0 Å². The second-order valence-corrected chi connectivity index (χ2v) is 6.55. The molecular formula is C16H14ClFN2OS. The summed E-state index contributed by atoms with van der Waals surface area (Å²) in [7, 11) is 0. The molecule has 0 fully saturated rings. The molecule has 0 unspecified atom stereocenters. The van der Waals surface area contributed by atoms with Gasteiger partial charge in [0.05, 0.1) is 6.04 Å². The van der Waals surface area contributed by atoms with Gasteiger partial charge in [-0.05, 0) is 54.4 Å². The second-order valence-electron chi connectivity index (χ2n) is 4.98. The molecular weight excluding hydrogens is 323 g/mol. The highest BCUT2D eigenvalue weighted by Crippen LogP contribution is 2.37. The van der Waals surface area contributed by atoms with Crippen LogP contribution in [0.4, 0.5) is 14.9 Å². The van der Waals surface area contributed by atoms with Crippen molar-refractivity contribution in [2.75, 3.05) is 11.1 Å². The molecule has 1 heterocycles. The number of hydrogen-bond acceptors (Lipinski definition) is 2. The van der Waals surface area contributed by atoms with Crippen LogP contribution in [0.25, 0.3) is 0 Å². The summed E-state index contributed by atoms with van der Waals surface area (Å²) >= 11 is 7.81. The van der Waals surface area contributed by atoms with Crippen LogP contribution in [0.15, 0.2) is 47.4 Å². The first kappa shape index (κ1) is 15.2. The normalized spacial score (nSPS) is 16.7. The number of thioether (sulfide) groups is 1. The number of urea groups is 1. The summed E-state index contributed by atoms with van der Waals surface area (Å²) in [5.41, 5.74) is 1.59. The number of carbonyl (C=O) groups is 1. The fourth-order valence-corrected chi connectivity index (χ4v) is 3.66. The van der Waals surface area contributed by atoms with E-state index in [1.165, 1.54) is 24.3 Å². The smallest absolute Gasteiger partial charge is 0.319 e. The van der Waals surface area contributed by atoms with Gasteiger partial charge < -0.3 is 10.6 Å². The summed E-state index contributed by atoms with van der Waals surface area (Å²) in [6, 6.07) is 11.0. The number of rotatable bonds is 2. The molecule has 3 rings (SSSR count). The number of benzene rings is 2. The zero-order valence-corrected chi connectivity index (χ0v) is 13.2. The van der Waals surface area contributed by atoms with E-state index in [1.54, 1.807) is 11.8 Å². The molecule has 2 N–H and O–H groups in total. The molecule has 3 nitrogen and oxygen atoms in total. The number of anilines is 1. The van der Waals surface area contributed by atoms with Crippen molar-refractivity contribution in [3.63, 3.8) is 0 Å². The van der Waals surface area contributed by atoms with Crippen LogP contribution >= 0.6 is 23.4 Å². The maximum atomic E-state index is 12.9. The average Bonchev–Trinajstić information content (AvgIpc) is 2.50. The fourth-order valence-electron chi connectivity index (χ4n) is 2.37. The third kappa shape index (κ3) is 3.54. The predicted octanol–water partition coefficient (Wildman–Crippen LogP) is 4.84. The van der Waals surface area contributed by atoms with Crippen LogP contribution in [0, 0.1) is 5.82 Å². The molecule has 1 aliphatic heterocycles. The molecule has 0 saturated heterocycles. The Kier molecular flexibility index (Phi) is 4.55. The SMILES string of the molecule is O=C(Nc1ccc(F)cc1)N[C@H]1CCSc2ccc(Cl)cc21. The quantitative estimate of drug-likeness (QED) is 0.824. The Balaban J connectivity index is 1.70. The average molecular weight is 337 g/mol. The highest BCUT2D eigenvalue weighted by Gasteiger charge is 2.22. The van der Waals surface area contributed by atoms with E-state index in [9.17, 15) is 9.18 Å². The third-order valence-corrected chi connectivity index (χ3v) is 4.78. The van der Waals surface area contributed by atoms with Gasteiger partial charge in [0.15, 0.2) is 0 Å². The lowest BCUT2D eigenvalue weighted by Crippen LogP contribution is -2.34. The standard InChI is InChI=1S/C16H14ClFN2OS/c17-10-1-6-15-13(9-10)14(7-8-22-15)20-16(21)19-12-4-2-11(18)3-5-12/h1-6,9,14H,7-8H2,(H2,19,20,21)/t14-/m0/s1. The summed E-state index contributed by atoms with van der Waals surface area (Å²) < 4.78 is 12.9. The fraction of sp³-hybridized carbons (Fsp3) is 0.188. The topological polar surface area (TPSA) is 41.1 Å². The van der Waals surface area contributed by atoms with Crippen molar-refractivity contribution in [3.05, 3.63) is 58.9 Å². The second kappa shape index (κ2) is 6.58. The van der Waals surface area contributed by atoms with Gasteiger partial charge >= 0.3 is 6.03 Å². The molecule has 6 heteroatoms.